The molecule has 6 nitrogen and oxygen atoms in total. The minimum atomic E-state index is -0.00946. The maximum absolute atomic E-state index is 5.85. The number of rotatable bonds is 7. The van der Waals surface area contributed by atoms with E-state index in [0.29, 0.717) is 24.2 Å². The monoisotopic (exact) mass is 353 g/mol. The second-order valence-electron chi connectivity index (χ2n) is 6.09. The summed E-state index contributed by atoms with van der Waals surface area (Å²) in [5.74, 6) is 2.73. The van der Waals surface area contributed by atoms with Crippen molar-refractivity contribution in [3.63, 3.8) is 0 Å². The first-order valence-corrected chi connectivity index (χ1v) is 9.23. The maximum atomic E-state index is 5.85. The van der Waals surface area contributed by atoms with Crippen LogP contribution in [0.5, 0.6) is 0 Å². The van der Waals surface area contributed by atoms with Gasteiger partial charge in [-0.1, -0.05) is 36.0 Å². The topological polar surface area (TPSA) is 69.6 Å². The van der Waals surface area contributed by atoms with Crippen LogP contribution in [0.25, 0.3) is 11.5 Å². The number of hydrogen-bond acceptors (Lipinski definition) is 6. The van der Waals surface area contributed by atoms with Crippen LogP contribution in [0.3, 0.4) is 0 Å². The van der Waals surface area contributed by atoms with Gasteiger partial charge in [0.2, 0.25) is 11.8 Å². The highest BCUT2D eigenvalue weighted by molar-refractivity contribution is 7.99. The molecule has 1 saturated carbocycles. The number of aromatic nitrogens is 5. The molecule has 0 aliphatic heterocycles. The van der Waals surface area contributed by atoms with Crippen LogP contribution in [0.15, 0.2) is 52.6 Å². The number of nitrogens with zero attached hydrogens (tertiary/aromatic N) is 5. The van der Waals surface area contributed by atoms with Crippen molar-refractivity contribution >= 4 is 11.8 Å². The molecular weight excluding hydrogens is 334 g/mol. The Labute approximate surface area is 150 Å². The van der Waals surface area contributed by atoms with E-state index >= 15 is 0 Å². The van der Waals surface area contributed by atoms with E-state index < -0.39 is 0 Å². The van der Waals surface area contributed by atoms with E-state index in [2.05, 4.69) is 31.5 Å². The molecule has 0 amide bonds. The Morgan fingerprint density at radius 2 is 2.04 bits per heavy atom. The lowest BCUT2D eigenvalue weighted by Gasteiger charge is -2.09. The van der Waals surface area contributed by atoms with E-state index in [-0.39, 0.29) is 5.25 Å². The fourth-order valence-corrected chi connectivity index (χ4v) is 3.53. The molecule has 1 aliphatic carbocycles. The Kier molecular flexibility index (Phi) is 4.40. The zero-order chi connectivity index (χ0) is 17.2. The first-order chi connectivity index (χ1) is 12.3. The van der Waals surface area contributed by atoms with Crippen molar-refractivity contribution in [3.05, 3.63) is 54.7 Å². The molecule has 0 radical (unpaired) electrons. The second kappa shape index (κ2) is 6.84. The number of thioether (sulfide) groups is 1. The van der Waals surface area contributed by atoms with Gasteiger partial charge < -0.3 is 8.98 Å². The Morgan fingerprint density at radius 1 is 1.24 bits per heavy atom. The molecule has 7 heteroatoms. The number of allylic oxidation sites excluding steroid dienone is 1. The molecule has 2 aromatic heterocycles. The standard InChI is InChI=1S/C18H19N5OS/c1-3-11-23-15(13-9-10-13)19-22-18(23)25-12(2)16-20-21-17(24-16)14-7-5-4-6-8-14/h3-8,12-13H,1,9-11H2,2H3. The molecule has 4 rings (SSSR count). The third-order valence-electron chi connectivity index (χ3n) is 4.09. The van der Waals surface area contributed by atoms with E-state index in [1.54, 1.807) is 11.8 Å². The Balaban J connectivity index is 1.53. The zero-order valence-electron chi connectivity index (χ0n) is 14.0. The molecule has 0 saturated heterocycles. The van der Waals surface area contributed by atoms with Gasteiger partial charge in [-0.3, -0.25) is 0 Å². The van der Waals surface area contributed by atoms with Gasteiger partial charge in [-0.25, -0.2) is 0 Å². The summed E-state index contributed by atoms with van der Waals surface area (Å²) in [5, 5.41) is 18.0. The van der Waals surface area contributed by atoms with Crippen molar-refractivity contribution in [1.82, 2.24) is 25.0 Å². The summed E-state index contributed by atoms with van der Waals surface area (Å²) in [6.45, 7) is 6.60. The molecule has 128 valence electrons. The van der Waals surface area contributed by atoms with Crippen LogP contribution in [0.4, 0.5) is 0 Å². The number of benzene rings is 1. The minimum absolute atomic E-state index is 0.00946. The summed E-state index contributed by atoms with van der Waals surface area (Å²) in [6.07, 6.45) is 4.27. The van der Waals surface area contributed by atoms with Crippen LogP contribution in [0.1, 0.15) is 42.6 Å². The fourth-order valence-electron chi connectivity index (χ4n) is 2.64. The van der Waals surface area contributed by atoms with Crippen LogP contribution >= 0.6 is 11.8 Å². The average Bonchev–Trinajstić information content (AvgIpc) is 3.22. The smallest absolute Gasteiger partial charge is 0.247 e. The lowest BCUT2D eigenvalue weighted by Crippen LogP contribution is -2.03. The van der Waals surface area contributed by atoms with Crippen molar-refractivity contribution in [3.8, 4) is 11.5 Å². The van der Waals surface area contributed by atoms with E-state index in [0.717, 1.165) is 16.5 Å². The van der Waals surface area contributed by atoms with E-state index in [1.807, 2.05) is 43.3 Å². The van der Waals surface area contributed by atoms with Gasteiger partial charge in [0.05, 0.1) is 5.25 Å². The third kappa shape index (κ3) is 3.37. The van der Waals surface area contributed by atoms with Crippen molar-refractivity contribution in [2.75, 3.05) is 0 Å². The van der Waals surface area contributed by atoms with Gasteiger partial charge >= 0.3 is 0 Å². The van der Waals surface area contributed by atoms with Gasteiger partial charge in [0.1, 0.15) is 5.82 Å². The van der Waals surface area contributed by atoms with Crippen molar-refractivity contribution in [2.24, 2.45) is 0 Å². The summed E-state index contributed by atoms with van der Waals surface area (Å²) in [4.78, 5) is 0. The molecule has 1 aromatic carbocycles. The van der Waals surface area contributed by atoms with E-state index in [9.17, 15) is 0 Å². The van der Waals surface area contributed by atoms with E-state index in [1.165, 1.54) is 12.8 Å². The average molecular weight is 353 g/mol. The highest BCUT2D eigenvalue weighted by atomic mass is 32.2. The predicted molar refractivity (Wildman–Crippen MR) is 96.2 cm³/mol. The van der Waals surface area contributed by atoms with Gasteiger partial charge in [-0.15, -0.1) is 27.0 Å². The summed E-state index contributed by atoms with van der Waals surface area (Å²) >= 11 is 1.58. The lowest BCUT2D eigenvalue weighted by atomic mass is 10.2. The van der Waals surface area contributed by atoms with Crippen molar-refractivity contribution < 1.29 is 4.42 Å². The largest absolute Gasteiger partial charge is 0.419 e. The SMILES string of the molecule is C=CCn1c(SC(C)c2nnc(-c3ccccc3)o2)nnc1C1CC1. The molecule has 0 spiro atoms. The van der Waals surface area contributed by atoms with Crippen molar-refractivity contribution in [2.45, 2.75) is 42.6 Å². The highest BCUT2D eigenvalue weighted by Crippen LogP contribution is 2.41. The summed E-state index contributed by atoms with van der Waals surface area (Å²) < 4.78 is 7.99. The van der Waals surface area contributed by atoms with Crippen LogP contribution < -0.4 is 0 Å². The first-order valence-electron chi connectivity index (χ1n) is 8.35. The molecule has 25 heavy (non-hydrogen) atoms. The predicted octanol–water partition coefficient (Wildman–Crippen LogP) is 4.24. The van der Waals surface area contributed by atoms with Gasteiger partial charge in [-0.05, 0) is 31.9 Å². The summed E-state index contributed by atoms with van der Waals surface area (Å²) in [6, 6.07) is 9.78. The first kappa shape index (κ1) is 16.1. The van der Waals surface area contributed by atoms with Gasteiger partial charge in [-0.2, -0.15) is 0 Å². The quantitative estimate of drug-likeness (QED) is 0.467. The molecule has 1 atom stereocenters. The van der Waals surface area contributed by atoms with Crippen LogP contribution in [0.2, 0.25) is 0 Å². The van der Waals surface area contributed by atoms with Crippen LogP contribution in [-0.4, -0.2) is 25.0 Å². The molecule has 1 aliphatic rings. The van der Waals surface area contributed by atoms with Gasteiger partial charge in [0.15, 0.2) is 5.16 Å². The molecular formula is C18H19N5OS. The Bertz CT molecular complexity index is 869. The molecule has 3 aromatic rings. The Hall–Kier alpha value is -2.41. The summed E-state index contributed by atoms with van der Waals surface area (Å²) in [5.41, 5.74) is 0.921. The highest BCUT2D eigenvalue weighted by Gasteiger charge is 2.31. The van der Waals surface area contributed by atoms with Crippen LogP contribution in [-0.2, 0) is 6.54 Å². The lowest BCUT2D eigenvalue weighted by molar-refractivity contribution is 0.508. The fraction of sp³-hybridized carbons (Fsp3) is 0.333. The van der Waals surface area contributed by atoms with E-state index in [4.69, 9.17) is 4.42 Å². The molecule has 2 heterocycles. The zero-order valence-corrected chi connectivity index (χ0v) is 14.8. The summed E-state index contributed by atoms with van der Waals surface area (Å²) in [7, 11) is 0. The normalized spacial score (nSPS) is 15.2. The van der Waals surface area contributed by atoms with Crippen LogP contribution in [0, 0.1) is 0 Å². The molecule has 0 bridgehead atoms. The Morgan fingerprint density at radius 3 is 2.76 bits per heavy atom. The van der Waals surface area contributed by atoms with Gasteiger partial charge in [0.25, 0.3) is 0 Å². The molecule has 1 fully saturated rings. The maximum Gasteiger partial charge on any atom is 0.247 e. The van der Waals surface area contributed by atoms with Crippen molar-refractivity contribution in [1.29, 1.82) is 0 Å². The third-order valence-corrected chi connectivity index (χ3v) is 5.16. The molecule has 0 N–H and O–H groups in total. The molecule has 1 unspecified atom stereocenters. The minimum Gasteiger partial charge on any atom is -0.419 e. The number of hydrogen-bond donors (Lipinski definition) is 0. The second-order valence-corrected chi connectivity index (χ2v) is 7.39. The van der Waals surface area contributed by atoms with Gasteiger partial charge in [0, 0.05) is 18.0 Å².